The van der Waals surface area contributed by atoms with E-state index in [0.29, 0.717) is 17.9 Å². The van der Waals surface area contributed by atoms with Gasteiger partial charge in [-0.2, -0.15) is 0 Å². The Bertz CT molecular complexity index is 841. The Balaban J connectivity index is 1.97. The zero-order chi connectivity index (χ0) is 16.4. The van der Waals surface area contributed by atoms with Crippen molar-refractivity contribution in [3.05, 3.63) is 59.9 Å². The standard InChI is InChI=1S/C16H16FN5O/c1-21(2)10-12-15(20-14-5-3-4-8-22(12)14)16(23)19-13-7-6-11(17)9-18-13/h3-9H,10H2,1-2H3,(H,18,19,23). The van der Waals surface area contributed by atoms with Gasteiger partial charge in [-0.15, -0.1) is 0 Å². The molecule has 7 heteroatoms. The number of nitrogens with one attached hydrogen (secondary N) is 1. The molecule has 0 aliphatic heterocycles. The van der Waals surface area contributed by atoms with Crippen LogP contribution in [0.15, 0.2) is 42.7 Å². The fourth-order valence-electron chi connectivity index (χ4n) is 2.30. The molecule has 0 bridgehead atoms. The molecule has 1 amide bonds. The summed E-state index contributed by atoms with van der Waals surface area (Å²) in [6, 6.07) is 8.25. The molecular weight excluding hydrogens is 297 g/mol. The molecule has 0 spiro atoms. The van der Waals surface area contributed by atoms with E-state index in [0.717, 1.165) is 11.9 Å². The molecule has 0 aliphatic rings. The Kier molecular flexibility index (Phi) is 4.03. The smallest absolute Gasteiger partial charge is 0.277 e. The predicted molar refractivity (Wildman–Crippen MR) is 84.7 cm³/mol. The number of rotatable bonds is 4. The van der Waals surface area contributed by atoms with Crippen LogP contribution in [0, 0.1) is 5.82 Å². The van der Waals surface area contributed by atoms with E-state index >= 15 is 0 Å². The fourth-order valence-corrected chi connectivity index (χ4v) is 2.30. The Morgan fingerprint density at radius 1 is 1.30 bits per heavy atom. The lowest BCUT2D eigenvalue weighted by Gasteiger charge is -2.11. The van der Waals surface area contributed by atoms with Crippen LogP contribution in [0.4, 0.5) is 10.2 Å². The summed E-state index contributed by atoms with van der Waals surface area (Å²) in [5.74, 6) is -0.544. The minimum Gasteiger partial charge on any atom is -0.305 e. The monoisotopic (exact) mass is 313 g/mol. The molecule has 3 heterocycles. The van der Waals surface area contributed by atoms with Gasteiger partial charge in [-0.3, -0.25) is 4.79 Å². The van der Waals surface area contributed by atoms with E-state index in [1.54, 1.807) is 0 Å². The van der Waals surface area contributed by atoms with Crippen LogP contribution in [0.5, 0.6) is 0 Å². The van der Waals surface area contributed by atoms with E-state index in [1.807, 2.05) is 47.8 Å². The van der Waals surface area contributed by atoms with Gasteiger partial charge < -0.3 is 14.6 Å². The number of aromatic nitrogens is 3. The van der Waals surface area contributed by atoms with E-state index in [-0.39, 0.29) is 11.7 Å². The third-order valence-electron chi connectivity index (χ3n) is 3.28. The maximum Gasteiger partial charge on any atom is 0.277 e. The summed E-state index contributed by atoms with van der Waals surface area (Å²) in [4.78, 5) is 22.7. The van der Waals surface area contributed by atoms with Crippen molar-refractivity contribution in [1.29, 1.82) is 0 Å². The minimum absolute atomic E-state index is 0.282. The van der Waals surface area contributed by atoms with E-state index < -0.39 is 5.82 Å². The molecule has 3 aromatic rings. The number of hydrogen-bond acceptors (Lipinski definition) is 4. The van der Waals surface area contributed by atoms with Crippen molar-refractivity contribution in [2.24, 2.45) is 0 Å². The van der Waals surface area contributed by atoms with Crippen molar-refractivity contribution < 1.29 is 9.18 Å². The molecule has 118 valence electrons. The highest BCUT2D eigenvalue weighted by Crippen LogP contribution is 2.16. The molecule has 0 fully saturated rings. The van der Waals surface area contributed by atoms with Gasteiger partial charge in [0.15, 0.2) is 5.69 Å². The summed E-state index contributed by atoms with van der Waals surface area (Å²) in [5, 5.41) is 2.65. The molecule has 3 rings (SSSR count). The molecule has 3 aromatic heterocycles. The summed E-state index contributed by atoms with van der Waals surface area (Å²) < 4.78 is 14.8. The average Bonchev–Trinajstić information content (AvgIpc) is 2.88. The van der Waals surface area contributed by atoms with Gasteiger partial charge in [0, 0.05) is 12.7 Å². The first-order valence-electron chi connectivity index (χ1n) is 7.08. The van der Waals surface area contributed by atoms with Crippen LogP contribution >= 0.6 is 0 Å². The van der Waals surface area contributed by atoms with Gasteiger partial charge in [0.05, 0.1) is 11.9 Å². The Morgan fingerprint density at radius 2 is 2.13 bits per heavy atom. The third kappa shape index (κ3) is 3.19. The maximum absolute atomic E-state index is 12.9. The van der Waals surface area contributed by atoms with Gasteiger partial charge in [0.2, 0.25) is 0 Å². The average molecular weight is 313 g/mol. The van der Waals surface area contributed by atoms with Crippen molar-refractivity contribution in [3.63, 3.8) is 0 Å². The fraction of sp³-hybridized carbons (Fsp3) is 0.188. The quantitative estimate of drug-likeness (QED) is 0.802. The zero-order valence-electron chi connectivity index (χ0n) is 12.8. The number of hydrogen-bond donors (Lipinski definition) is 1. The number of pyridine rings is 2. The Labute approximate surface area is 132 Å². The SMILES string of the molecule is CN(C)Cc1c(C(=O)Nc2ccc(F)cn2)nc2ccccn12. The van der Waals surface area contributed by atoms with Crippen molar-refractivity contribution in [1.82, 2.24) is 19.3 Å². The van der Waals surface area contributed by atoms with Gasteiger partial charge in [-0.25, -0.2) is 14.4 Å². The first-order chi connectivity index (χ1) is 11.0. The first kappa shape index (κ1) is 15.1. The van der Waals surface area contributed by atoms with Crippen molar-refractivity contribution >= 4 is 17.4 Å². The molecule has 0 saturated carbocycles. The lowest BCUT2D eigenvalue weighted by Crippen LogP contribution is -2.19. The summed E-state index contributed by atoms with van der Waals surface area (Å²) in [7, 11) is 3.84. The third-order valence-corrected chi connectivity index (χ3v) is 3.28. The van der Waals surface area contributed by atoms with Gasteiger partial charge in [0.1, 0.15) is 17.3 Å². The van der Waals surface area contributed by atoms with Crippen LogP contribution in [0.1, 0.15) is 16.2 Å². The molecule has 23 heavy (non-hydrogen) atoms. The summed E-state index contributed by atoms with van der Waals surface area (Å²) in [6.07, 6.45) is 2.92. The second-order valence-corrected chi connectivity index (χ2v) is 5.39. The predicted octanol–water partition coefficient (Wildman–Crippen LogP) is 2.18. The highest BCUT2D eigenvalue weighted by Gasteiger charge is 2.19. The number of imidazole rings is 1. The van der Waals surface area contributed by atoms with Crippen molar-refractivity contribution in [3.8, 4) is 0 Å². The van der Waals surface area contributed by atoms with Crippen LogP contribution in [0.25, 0.3) is 5.65 Å². The molecule has 6 nitrogen and oxygen atoms in total. The first-order valence-corrected chi connectivity index (χ1v) is 7.08. The zero-order valence-corrected chi connectivity index (χ0v) is 12.8. The molecule has 0 saturated heterocycles. The number of carbonyl (C=O) groups excluding carboxylic acids is 1. The van der Waals surface area contributed by atoms with Gasteiger partial charge in [0.25, 0.3) is 5.91 Å². The number of fused-ring (bicyclic) bond motifs is 1. The molecule has 0 aliphatic carbocycles. The Hall–Kier alpha value is -2.80. The van der Waals surface area contributed by atoms with E-state index in [9.17, 15) is 9.18 Å². The van der Waals surface area contributed by atoms with Gasteiger partial charge >= 0.3 is 0 Å². The molecular formula is C16H16FN5O. The summed E-state index contributed by atoms with van der Waals surface area (Å²) in [5.41, 5.74) is 1.81. The lowest BCUT2D eigenvalue weighted by molar-refractivity contribution is 0.102. The molecule has 0 unspecified atom stereocenters. The van der Waals surface area contributed by atoms with Gasteiger partial charge in [-0.05, 0) is 38.4 Å². The summed E-state index contributed by atoms with van der Waals surface area (Å²) in [6.45, 7) is 0.560. The highest BCUT2D eigenvalue weighted by atomic mass is 19.1. The second kappa shape index (κ2) is 6.13. The minimum atomic E-state index is -0.455. The largest absolute Gasteiger partial charge is 0.305 e. The van der Waals surface area contributed by atoms with Crippen LogP contribution in [-0.4, -0.2) is 39.3 Å². The number of amides is 1. The second-order valence-electron chi connectivity index (χ2n) is 5.39. The maximum atomic E-state index is 12.9. The lowest BCUT2D eigenvalue weighted by atomic mass is 10.3. The molecule has 0 aromatic carbocycles. The molecule has 0 radical (unpaired) electrons. The molecule has 1 N–H and O–H groups in total. The number of nitrogens with zero attached hydrogens (tertiary/aromatic N) is 4. The van der Waals surface area contributed by atoms with E-state index in [4.69, 9.17) is 0 Å². The van der Waals surface area contributed by atoms with Gasteiger partial charge in [-0.1, -0.05) is 6.07 Å². The number of halogens is 1. The Morgan fingerprint density at radius 3 is 2.83 bits per heavy atom. The van der Waals surface area contributed by atoms with Crippen LogP contribution in [-0.2, 0) is 6.54 Å². The van der Waals surface area contributed by atoms with Crippen LogP contribution < -0.4 is 5.32 Å². The van der Waals surface area contributed by atoms with Crippen LogP contribution in [0.2, 0.25) is 0 Å². The number of carbonyl (C=O) groups is 1. The van der Waals surface area contributed by atoms with E-state index in [2.05, 4.69) is 15.3 Å². The number of anilines is 1. The van der Waals surface area contributed by atoms with Crippen LogP contribution in [0.3, 0.4) is 0 Å². The normalized spacial score (nSPS) is 11.1. The van der Waals surface area contributed by atoms with E-state index in [1.165, 1.54) is 12.1 Å². The van der Waals surface area contributed by atoms with Crippen molar-refractivity contribution in [2.75, 3.05) is 19.4 Å². The topological polar surface area (TPSA) is 62.5 Å². The summed E-state index contributed by atoms with van der Waals surface area (Å²) >= 11 is 0. The highest BCUT2D eigenvalue weighted by molar-refractivity contribution is 6.03. The van der Waals surface area contributed by atoms with Crippen molar-refractivity contribution in [2.45, 2.75) is 6.54 Å². The molecule has 0 atom stereocenters.